The zero-order chi connectivity index (χ0) is 13.1. The first-order valence-electron chi connectivity index (χ1n) is 6.83. The average Bonchev–Trinajstić information content (AvgIpc) is 2.32. The fourth-order valence-corrected chi connectivity index (χ4v) is 1.75. The van der Waals surface area contributed by atoms with Gasteiger partial charge >= 0.3 is 0 Å². The summed E-state index contributed by atoms with van der Waals surface area (Å²) in [7, 11) is 0. The normalized spacial score (nSPS) is 16.2. The molecule has 0 spiro atoms. The molecular weight excluding hydrogens is 212 g/mol. The molecule has 0 radical (unpaired) electrons. The van der Waals surface area contributed by atoms with Crippen LogP contribution in [-0.4, -0.2) is 18.8 Å². The van der Waals surface area contributed by atoms with Crippen LogP contribution in [0.25, 0.3) is 0 Å². The third kappa shape index (κ3) is 9.14. The Morgan fingerprint density at radius 1 is 1.35 bits per heavy atom. The van der Waals surface area contributed by atoms with Crippen molar-refractivity contribution in [1.82, 2.24) is 0 Å². The zero-order valence-electron chi connectivity index (χ0n) is 11.7. The molecule has 0 rings (SSSR count). The Balaban J connectivity index is 3.53. The molecule has 0 saturated carbocycles. The van der Waals surface area contributed by atoms with Crippen LogP contribution in [0.2, 0.25) is 0 Å². The lowest BCUT2D eigenvalue weighted by molar-refractivity contribution is 0.0893. The Bertz CT molecular complexity index is 221. The molecule has 0 bridgehead atoms. The van der Waals surface area contributed by atoms with Crippen molar-refractivity contribution in [1.29, 1.82) is 5.26 Å². The summed E-state index contributed by atoms with van der Waals surface area (Å²) in [6.45, 7) is 7.78. The Hall–Kier alpha value is -0.590. The molecule has 0 aliphatic carbocycles. The Kier molecular flexibility index (Phi) is 9.11. The molecule has 0 fully saturated rings. The lowest BCUT2D eigenvalue weighted by Gasteiger charge is -2.17. The summed E-state index contributed by atoms with van der Waals surface area (Å²) in [6.07, 6.45) is 6.56. The number of nitrogens with two attached hydrogens (primary N) is 1. The van der Waals surface area contributed by atoms with Gasteiger partial charge in [-0.15, -0.1) is 0 Å². The Morgan fingerprint density at radius 3 is 2.59 bits per heavy atom. The zero-order valence-corrected chi connectivity index (χ0v) is 11.7. The molecule has 0 aliphatic heterocycles. The highest BCUT2D eigenvalue weighted by Crippen LogP contribution is 2.13. The van der Waals surface area contributed by atoms with Gasteiger partial charge in [-0.25, -0.2) is 0 Å². The summed E-state index contributed by atoms with van der Waals surface area (Å²) in [5.74, 6) is 0.690. The van der Waals surface area contributed by atoms with Crippen molar-refractivity contribution >= 4 is 0 Å². The molecule has 2 atom stereocenters. The molecule has 0 aromatic carbocycles. The Morgan fingerprint density at radius 2 is 2.06 bits per heavy atom. The van der Waals surface area contributed by atoms with E-state index in [0.29, 0.717) is 12.3 Å². The van der Waals surface area contributed by atoms with Gasteiger partial charge in [0, 0.05) is 13.2 Å². The van der Waals surface area contributed by atoms with Crippen LogP contribution in [0.1, 0.15) is 59.3 Å². The first-order chi connectivity index (χ1) is 8.05. The minimum atomic E-state index is -0.699. The van der Waals surface area contributed by atoms with E-state index in [1.807, 2.05) is 0 Å². The maximum absolute atomic E-state index is 8.76. The topological polar surface area (TPSA) is 59.0 Å². The fraction of sp³-hybridized carbons (Fsp3) is 0.929. The molecule has 17 heavy (non-hydrogen) atoms. The van der Waals surface area contributed by atoms with Gasteiger partial charge < -0.3 is 10.5 Å². The maximum Gasteiger partial charge on any atom is 0.101 e. The monoisotopic (exact) mass is 240 g/mol. The fourth-order valence-electron chi connectivity index (χ4n) is 1.75. The van der Waals surface area contributed by atoms with E-state index in [1.165, 1.54) is 25.7 Å². The van der Waals surface area contributed by atoms with E-state index in [2.05, 4.69) is 19.9 Å². The lowest BCUT2D eigenvalue weighted by Crippen LogP contribution is -2.34. The summed E-state index contributed by atoms with van der Waals surface area (Å²) < 4.78 is 5.66. The summed E-state index contributed by atoms with van der Waals surface area (Å²) >= 11 is 0. The summed E-state index contributed by atoms with van der Waals surface area (Å²) in [5, 5.41) is 8.76. The van der Waals surface area contributed by atoms with Gasteiger partial charge in [-0.3, -0.25) is 0 Å². The second-order valence-electron chi connectivity index (χ2n) is 5.12. The van der Waals surface area contributed by atoms with Crippen LogP contribution < -0.4 is 5.73 Å². The van der Waals surface area contributed by atoms with Gasteiger partial charge in [-0.1, -0.05) is 33.1 Å². The second kappa shape index (κ2) is 9.44. The van der Waals surface area contributed by atoms with Gasteiger partial charge in [-0.2, -0.15) is 5.26 Å². The van der Waals surface area contributed by atoms with Crippen LogP contribution in [-0.2, 0) is 4.74 Å². The molecule has 2 N–H and O–H groups in total. The minimum Gasteiger partial charge on any atom is -0.381 e. The van der Waals surface area contributed by atoms with Crippen molar-refractivity contribution < 1.29 is 4.74 Å². The minimum absolute atomic E-state index is 0.690. The maximum atomic E-state index is 8.76. The van der Waals surface area contributed by atoms with Gasteiger partial charge in [0.05, 0.1) is 6.07 Å². The number of hydrogen-bond acceptors (Lipinski definition) is 3. The molecular formula is C14H28N2O. The van der Waals surface area contributed by atoms with Gasteiger partial charge in [0.2, 0.25) is 0 Å². The van der Waals surface area contributed by atoms with Gasteiger partial charge in [0.15, 0.2) is 0 Å². The van der Waals surface area contributed by atoms with E-state index in [0.717, 1.165) is 19.6 Å². The molecule has 0 aromatic rings. The van der Waals surface area contributed by atoms with Crippen molar-refractivity contribution in [2.24, 2.45) is 11.7 Å². The van der Waals surface area contributed by atoms with Crippen molar-refractivity contribution in [2.75, 3.05) is 13.2 Å². The molecule has 3 nitrogen and oxygen atoms in total. The van der Waals surface area contributed by atoms with Crippen LogP contribution >= 0.6 is 0 Å². The van der Waals surface area contributed by atoms with Crippen LogP contribution in [0, 0.1) is 17.2 Å². The third-order valence-corrected chi connectivity index (χ3v) is 3.14. The largest absolute Gasteiger partial charge is 0.381 e. The quantitative estimate of drug-likeness (QED) is 0.596. The smallest absolute Gasteiger partial charge is 0.101 e. The SMILES string of the molecule is CCCCC(CC)COCCCC(C)(N)C#N. The second-order valence-corrected chi connectivity index (χ2v) is 5.12. The van der Waals surface area contributed by atoms with Crippen LogP contribution in [0.5, 0.6) is 0 Å². The number of hydrogen-bond donors (Lipinski definition) is 1. The van der Waals surface area contributed by atoms with Gasteiger partial charge in [0.1, 0.15) is 5.54 Å². The molecule has 2 unspecified atom stereocenters. The third-order valence-electron chi connectivity index (χ3n) is 3.14. The summed E-state index contributed by atoms with van der Waals surface area (Å²) in [4.78, 5) is 0. The van der Waals surface area contributed by atoms with Crippen molar-refractivity contribution in [2.45, 2.75) is 64.8 Å². The number of ether oxygens (including phenoxy) is 1. The van der Waals surface area contributed by atoms with Crippen LogP contribution in [0.3, 0.4) is 0 Å². The number of unbranched alkanes of at least 4 members (excludes halogenated alkanes) is 1. The number of nitrogens with zero attached hydrogens (tertiary/aromatic N) is 1. The molecule has 3 heteroatoms. The lowest BCUT2D eigenvalue weighted by atomic mass is 9.99. The standard InChI is InChI=1S/C14H28N2O/c1-4-6-8-13(5-2)11-17-10-7-9-14(3,16)12-15/h13H,4-11,16H2,1-3H3. The van der Waals surface area contributed by atoms with Crippen molar-refractivity contribution in [3.05, 3.63) is 0 Å². The van der Waals surface area contributed by atoms with E-state index in [-0.39, 0.29) is 0 Å². The average molecular weight is 240 g/mol. The highest BCUT2D eigenvalue weighted by Gasteiger charge is 2.16. The summed E-state index contributed by atoms with van der Waals surface area (Å²) in [6, 6.07) is 2.10. The number of rotatable bonds is 10. The van der Waals surface area contributed by atoms with Gasteiger partial charge in [0.25, 0.3) is 0 Å². The first-order valence-corrected chi connectivity index (χ1v) is 6.83. The van der Waals surface area contributed by atoms with Crippen LogP contribution in [0.15, 0.2) is 0 Å². The van der Waals surface area contributed by atoms with Gasteiger partial charge in [-0.05, 0) is 32.1 Å². The molecule has 0 heterocycles. The van der Waals surface area contributed by atoms with Crippen molar-refractivity contribution in [3.63, 3.8) is 0 Å². The molecule has 0 aliphatic rings. The van der Waals surface area contributed by atoms with Crippen molar-refractivity contribution in [3.8, 4) is 6.07 Å². The highest BCUT2D eigenvalue weighted by molar-refractivity contribution is 5.00. The molecule has 0 aromatic heterocycles. The molecule has 0 saturated heterocycles. The molecule has 100 valence electrons. The predicted molar refractivity (Wildman–Crippen MR) is 71.6 cm³/mol. The van der Waals surface area contributed by atoms with E-state index in [1.54, 1.807) is 6.92 Å². The van der Waals surface area contributed by atoms with E-state index in [4.69, 9.17) is 15.7 Å². The van der Waals surface area contributed by atoms with E-state index >= 15 is 0 Å². The highest BCUT2D eigenvalue weighted by atomic mass is 16.5. The number of nitriles is 1. The van der Waals surface area contributed by atoms with Crippen LogP contribution in [0.4, 0.5) is 0 Å². The van der Waals surface area contributed by atoms with E-state index in [9.17, 15) is 0 Å². The predicted octanol–water partition coefficient (Wildman–Crippen LogP) is 3.24. The molecule has 0 amide bonds. The Labute approximate surface area is 106 Å². The summed E-state index contributed by atoms with van der Waals surface area (Å²) in [5.41, 5.74) is 5.03. The first kappa shape index (κ1) is 16.4. The van der Waals surface area contributed by atoms with E-state index < -0.39 is 5.54 Å².